The minimum absolute atomic E-state index is 0.0939. The molecule has 2 aliphatic rings. The number of alkyl halides is 2. The van der Waals surface area contributed by atoms with E-state index in [-0.39, 0.29) is 51.8 Å². The summed E-state index contributed by atoms with van der Waals surface area (Å²) in [6.45, 7) is -0.789. The summed E-state index contributed by atoms with van der Waals surface area (Å²) in [4.78, 5) is 32.7. The number of halogens is 3. The van der Waals surface area contributed by atoms with Crippen molar-refractivity contribution in [1.82, 2.24) is 34.6 Å². The van der Waals surface area contributed by atoms with E-state index in [2.05, 4.69) is 25.8 Å². The number of likely N-dealkylation sites (tertiary alicyclic amines) is 1. The van der Waals surface area contributed by atoms with Gasteiger partial charge in [0.05, 0.1) is 11.9 Å². The van der Waals surface area contributed by atoms with E-state index in [0.717, 1.165) is 25.9 Å². The predicted molar refractivity (Wildman–Crippen MR) is 141 cm³/mol. The Balaban J connectivity index is 1.34. The fourth-order valence-corrected chi connectivity index (χ4v) is 5.65. The molecule has 208 valence electrons. The molecule has 0 unspecified atom stereocenters. The maximum Gasteiger partial charge on any atom is 0.387 e. The topological polar surface area (TPSA) is 119 Å². The fraction of sp³-hybridized carbons (Fsp3) is 0.346. The van der Waals surface area contributed by atoms with Gasteiger partial charge in [-0.15, -0.1) is 0 Å². The van der Waals surface area contributed by atoms with Crippen molar-refractivity contribution in [2.24, 2.45) is 5.92 Å². The SMILES string of the molecule is O=C(Nc1cn(CC(=O)N2CC[C@@H]3CNCC[C@@H]32)nc1-c1cc(Cl)ccc1OC(F)F)c1cnn2cccnc12. The number of ether oxygens (including phenoxy) is 1. The zero-order valence-corrected chi connectivity index (χ0v) is 21.9. The molecule has 6 rings (SSSR count). The van der Waals surface area contributed by atoms with Crippen LogP contribution in [0.15, 0.2) is 49.1 Å². The van der Waals surface area contributed by atoms with Crippen LogP contribution in [0.25, 0.3) is 16.9 Å². The Morgan fingerprint density at radius 3 is 3.00 bits per heavy atom. The zero-order valence-electron chi connectivity index (χ0n) is 21.1. The van der Waals surface area contributed by atoms with E-state index in [1.165, 1.54) is 46.0 Å². The Labute approximate surface area is 232 Å². The molecule has 14 heteroatoms. The molecular weight excluding hydrogens is 546 g/mol. The Morgan fingerprint density at radius 1 is 1.27 bits per heavy atom. The molecule has 1 aromatic carbocycles. The second kappa shape index (κ2) is 10.8. The average molecular weight is 571 g/mol. The largest absolute Gasteiger partial charge is 0.434 e. The highest BCUT2D eigenvalue weighted by molar-refractivity contribution is 6.31. The van der Waals surface area contributed by atoms with Gasteiger partial charge in [0.1, 0.15) is 23.6 Å². The lowest BCUT2D eigenvalue weighted by atomic mass is 9.94. The van der Waals surface area contributed by atoms with Crippen molar-refractivity contribution in [3.8, 4) is 17.0 Å². The Kier molecular flexibility index (Phi) is 7.07. The van der Waals surface area contributed by atoms with Gasteiger partial charge >= 0.3 is 6.61 Å². The van der Waals surface area contributed by atoms with E-state index in [1.54, 1.807) is 12.3 Å². The summed E-state index contributed by atoms with van der Waals surface area (Å²) in [7, 11) is 0. The highest BCUT2D eigenvalue weighted by Crippen LogP contribution is 2.37. The van der Waals surface area contributed by atoms with E-state index in [0.29, 0.717) is 18.1 Å². The molecule has 4 aromatic rings. The second-order valence-corrected chi connectivity index (χ2v) is 10.1. The van der Waals surface area contributed by atoms with Crippen LogP contribution in [-0.4, -0.2) is 73.4 Å². The lowest BCUT2D eigenvalue weighted by Crippen LogP contribution is -2.46. The first-order valence-corrected chi connectivity index (χ1v) is 13.2. The van der Waals surface area contributed by atoms with Gasteiger partial charge in [0.2, 0.25) is 5.91 Å². The van der Waals surface area contributed by atoms with Crippen LogP contribution in [0.4, 0.5) is 14.5 Å². The molecule has 0 bridgehead atoms. The van der Waals surface area contributed by atoms with Gasteiger partial charge in [-0.2, -0.15) is 19.0 Å². The summed E-state index contributed by atoms with van der Waals surface area (Å²) in [5.41, 5.74) is 0.950. The summed E-state index contributed by atoms with van der Waals surface area (Å²) >= 11 is 6.20. The van der Waals surface area contributed by atoms with Crippen LogP contribution in [0.2, 0.25) is 5.02 Å². The number of benzene rings is 1. The number of hydrogen-bond acceptors (Lipinski definition) is 7. The molecule has 2 fully saturated rings. The number of aromatic nitrogens is 5. The number of nitrogens with zero attached hydrogens (tertiary/aromatic N) is 6. The normalized spacial score (nSPS) is 18.8. The van der Waals surface area contributed by atoms with Crippen molar-refractivity contribution in [2.45, 2.75) is 32.0 Å². The van der Waals surface area contributed by atoms with Gasteiger partial charge in [-0.25, -0.2) is 9.50 Å². The number of carbonyl (C=O) groups is 2. The number of piperidine rings is 1. The molecule has 0 radical (unpaired) electrons. The van der Waals surface area contributed by atoms with Gasteiger partial charge in [-0.1, -0.05) is 11.6 Å². The highest BCUT2D eigenvalue weighted by atomic mass is 35.5. The first-order chi connectivity index (χ1) is 19.4. The van der Waals surface area contributed by atoms with Gasteiger partial charge in [0, 0.05) is 41.8 Å². The van der Waals surface area contributed by atoms with Crippen LogP contribution >= 0.6 is 11.6 Å². The minimum atomic E-state index is -3.10. The summed E-state index contributed by atoms with van der Waals surface area (Å²) in [6.07, 6.45) is 7.87. The van der Waals surface area contributed by atoms with Gasteiger partial charge in [-0.3, -0.25) is 14.3 Å². The van der Waals surface area contributed by atoms with Crippen LogP contribution in [0, 0.1) is 5.92 Å². The lowest BCUT2D eigenvalue weighted by molar-refractivity contribution is -0.133. The van der Waals surface area contributed by atoms with Crippen molar-refractivity contribution in [3.63, 3.8) is 0 Å². The van der Waals surface area contributed by atoms with Crippen molar-refractivity contribution in [2.75, 3.05) is 25.0 Å². The minimum Gasteiger partial charge on any atom is -0.434 e. The maximum absolute atomic E-state index is 13.3. The van der Waals surface area contributed by atoms with E-state index in [1.807, 2.05) is 4.90 Å². The third kappa shape index (κ3) is 5.09. The van der Waals surface area contributed by atoms with Crippen LogP contribution < -0.4 is 15.4 Å². The summed E-state index contributed by atoms with van der Waals surface area (Å²) in [5, 5.41) is 15.1. The zero-order chi connectivity index (χ0) is 27.8. The molecule has 2 atom stereocenters. The van der Waals surface area contributed by atoms with Crippen LogP contribution in [0.3, 0.4) is 0 Å². The molecule has 5 heterocycles. The van der Waals surface area contributed by atoms with Gasteiger partial charge in [0.25, 0.3) is 5.91 Å². The number of rotatable bonds is 7. The van der Waals surface area contributed by atoms with Gasteiger partial charge in [-0.05, 0) is 56.1 Å². The van der Waals surface area contributed by atoms with E-state index >= 15 is 0 Å². The summed E-state index contributed by atoms with van der Waals surface area (Å²) in [5.74, 6) is -0.415. The van der Waals surface area contributed by atoms with Gasteiger partial charge in [0.15, 0.2) is 5.65 Å². The Hall–Kier alpha value is -4.10. The number of amides is 2. The third-order valence-electron chi connectivity index (χ3n) is 7.27. The van der Waals surface area contributed by atoms with E-state index < -0.39 is 12.5 Å². The number of nitrogens with one attached hydrogen (secondary N) is 2. The molecule has 2 N–H and O–H groups in total. The smallest absolute Gasteiger partial charge is 0.387 e. The first-order valence-electron chi connectivity index (χ1n) is 12.8. The Morgan fingerprint density at radius 2 is 2.15 bits per heavy atom. The summed E-state index contributed by atoms with van der Waals surface area (Å²) < 4.78 is 34.0. The molecule has 0 aliphatic carbocycles. The third-order valence-corrected chi connectivity index (χ3v) is 7.51. The fourth-order valence-electron chi connectivity index (χ4n) is 5.48. The maximum atomic E-state index is 13.3. The van der Waals surface area contributed by atoms with Crippen LogP contribution in [0.5, 0.6) is 5.75 Å². The lowest BCUT2D eigenvalue weighted by Gasteiger charge is -2.32. The average Bonchev–Trinajstić information content (AvgIpc) is 3.66. The van der Waals surface area contributed by atoms with Crippen molar-refractivity contribution in [1.29, 1.82) is 0 Å². The van der Waals surface area contributed by atoms with Crippen LogP contribution in [0.1, 0.15) is 23.2 Å². The molecule has 2 saturated heterocycles. The molecule has 2 amide bonds. The first kappa shape index (κ1) is 26.1. The standard InChI is InChI=1S/C26H25ClF2N8O3/c27-16-2-3-21(40-26(28)29)17(10-16)23-19(33-25(39)18-12-32-37-8-1-6-31-24(18)37)13-35(34-23)14-22(38)36-9-5-15-11-30-7-4-20(15)36/h1-3,6,8,10,12-13,15,20,26,30H,4-5,7,9,11,14H2,(H,33,39)/t15-,20+/m1/s1. The monoisotopic (exact) mass is 570 g/mol. The van der Waals surface area contributed by atoms with Crippen molar-refractivity contribution in [3.05, 3.63) is 59.6 Å². The number of carbonyl (C=O) groups excluding carboxylic acids is 2. The Bertz CT molecular complexity index is 1570. The number of anilines is 1. The summed E-state index contributed by atoms with van der Waals surface area (Å²) in [6, 6.07) is 5.98. The quantitative estimate of drug-likeness (QED) is 0.350. The van der Waals surface area contributed by atoms with Crippen molar-refractivity contribution >= 4 is 34.7 Å². The van der Waals surface area contributed by atoms with Crippen molar-refractivity contribution < 1.29 is 23.1 Å². The van der Waals surface area contributed by atoms with Gasteiger partial charge < -0.3 is 20.3 Å². The second-order valence-electron chi connectivity index (χ2n) is 9.70. The number of hydrogen-bond donors (Lipinski definition) is 2. The molecule has 11 nitrogen and oxygen atoms in total. The van der Waals surface area contributed by atoms with E-state index in [4.69, 9.17) is 16.3 Å². The highest BCUT2D eigenvalue weighted by Gasteiger charge is 2.38. The van der Waals surface area contributed by atoms with Crippen LogP contribution in [-0.2, 0) is 11.3 Å². The molecular formula is C26H25ClF2N8O3. The van der Waals surface area contributed by atoms with E-state index in [9.17, 15) is 18.4 Å². The molecule has 3 aromatic heterocycles. The molecule has 2 aliphatic heterocycles. The number of fused-ring (bicyclic) bond motifs is 2. The molecule has 0 spiro atoms. The molecule has 0 saturated carbocycles. The molecule has 40 heavy (non-hydrogen) atoms. The predicted octanol–water partition coefficient (Wildman–Crippen LogP) is 3.31.